The third-order valence-electron chi connectivity index (χ3n) is 4.68. The summed E-state index contributed by atoms with van der Waals surface area (Å²) < 4.78 is 11.0. The zero-order chi connectivity index (χ0) is 20.8. The van der Waals surface area contributed by atoms with Crippen LogP contribution in [0.15, 0.2) is 49.0 Å². The summed E-state index contributed by atoms with van der Waals surface area (Å²) in [7, 11) is 1.43. The number of nitrogens with one attached hydrogen (secondary N) is 1. The number of carboxylic acids is 1. The van der Waals surface area contributed by atoms with Gasteiger partial charge in [-0.2, -0.15) is 0 Å². The van der Waals surface area contributed by atoms with Crippen LogP contribution in [0.3, 0.4) is 0 Å². The van der Waals surface area contributed by atoms with Crippen LogP contribution in [-0.4, -0.2) is 37.0 Å². The minimum Gasteiger partial charge on any atom is -0.495 e. The SMILES string of the molecule is C=C(C(=O)O)c1ccc(-c2ccccc2)c(OC)c1C(=O)NOC1CCCCO1. The number of aliphatic carboxylic acids is 1. The zero-order valence-corrected chi connectivity index (χ0v) is 16.1. The highest BCUT2D eigenvalue weighted by Gasteiger charge is 2.26. The fourth-order valence-electron chi connectivity index (χ4n) is 3.21. The fourth-order valence-corrected chi connectivity index (χ4v) is 3.21. The minimum absolute atomic E-state index is 0.0389. The standard InChI is InChI=1S/C22H23NO6/c1-14(22(25)26)16-11-12-17(15-8-4-3-5-9-15)20(27-2)19(16)21(24)23-29-18-10-6-7-13-28-18/h3-5,8-9,11-12,18H,1,6-7,10,13H2,2H3,(H,23,24)(H,25,26). The van der Waals surface area contributed by atoms with Gasteiger partial charge in [-0.25, -0.2) is 15.1 Å². The molecule has 7 nitrogen and oxygen atoms in total. The maximum absolute atomic E-state index is 13.0. The molecule has 1 atom stereocenters. The first-order valence-electron chi connectivity index (χ1n) is 9.29. The maximum Gasteiger partial charge on any atom is 0.335 e. The molecule has 1 heterocycles. The second-order valence-corrected chi connectivity index (χ2v) is 6.56. The number of carbonyl (C=O) groups is 2. The first-order valence-corrected chi connectivity index (χ1v) is 9.29. The number of ether oxygens (including phenoxy) is 2. The number of amides is 1. The van der Waals surface area contributed by atoms with Gasteiger partial charge in [-0.05, 0) is 24.5 Å². The predicted molar refractivity (Wildman–Crippen MR) is 107 cm³/mol. The van der Waals surface area contributed by atoms with Crippen LogP contribution in [0.1, 0.15) is 35.2 Å². The third-order valence-corrected chi connectivity index (χ3v) is 4.68. The van der Waals surface area contributed by atoms with E-state index < -0.39 is 18.2 Å². The number of carbonyl (C=O) groups excluding carboxylic acids is 1. The molecule has 152 valence electrons. The summed E-state index contributed by atoms with van der Waals surface area (Å²) in [6, 6.07) is 12.6. The van der Waals surface area contributed by atoms with Gasteiger partial charge in [0.15, 0.2) is 6.29 Å². The van der Waals surface area contributed by atoms with Crippen molar-refractivity contribution >= 4 is 17.4 Å². The molecule has 0 saturated carbocycles. The van der Waals surface area contributed by atoms with E-state index in [-0.39, 0.29) is 22.4 Å². The van der Waals surface area contributed by atoms with Gasteiger partial charge in [-0.15, -0.1) is 0 Å². The van der Waals surface area contributed by atoms with E-state index in [4.69, 9.17) is 14.3 Å². The molecule has 7 heteroatoms. The molecule has 0 aromatic heterocycles. The van der Waals surface area contributed by atoms with Crippen LogP contribution in [0.4, 0.5) is 0 Å². The Kier molecular flexibility index (Phi) is 6.64. The first-order chi connectivity index (χ1) is 14.0. The smallest absolute Gasteiger partial charge is 0.335 e. The second kappa shape index (κ2) is 9.36. The molecule has 1 aliphatic heterocycles. The Morgan fingerprint density at radius 2 is 1.93 bits per heavy atom. The van der Waals surface area contributed by atoms with Crippen molar-refractivity contribution in [2.75, 3.05) is 13.7 Å². The number of carboxylic acid groups (broad SMARTS) is 1. The zero-order valence-electron chi connectivity index (χ0n) is 16.1. The van der Waals surface area contributed by atoms with Crippen LogP contribution >= 0.6 is 0 Å². The van der Waals surface area contributed by atoms with E-state index in [2.05, 4.69) is 12.1 Å². The van der Waals surface area contributed by atoms with Crippen molar-refractivity contribution in [1.29, 1.82) is 0 Å². The van der Waals surface area contributed by atoms with Gasteiger partial charge in [0.25, 0.3) is 5.91 Å². The molecular formula is C22H23NO6. The Hall–Kier alpha value is -3.16. The first kappa shape index (κ1) is 20.6. The predicted octanol–water partition coefficient (Wildman–Crippen LogP) is 3.65. The number of rotatable bonds is 7. The van der Waals surface area contributed by atoms with Crippen molar-refractivity contribution in [1.82, 2.24) is 5.48 Å². The Labute approximate surface area is 168 Å². The number of methoxy groups -OCH3 is 1. The molecule has 0 radical (unpaired) electrons. The number of hydroxylamine groups is 1. The fraction of sp³-hybridized carbons (Fsp3) is 0.273. The van der Waals surface area contributed by atoms with E-state index in [1.165, 1.54) is 7.11 Å². The van der Waals surface area contributed by atoms with Gasteiger partial charge in [0.05, 0.1) is 18.2 Å². The summed E-state index contributed by atoms with van der Waals surface area (Å²) in [5, 5.41) is 9.40. The van der Waals surface area contributed by atoms with Crippen LogP contribution < -0.4 is 10.2 Å². The minimum atomic E-state index is -1.23. The highest BCUT2D eigenvalue weighted by Crippen LogP contribution is 2.37. The summed E-state index contributed by atoms with van der Waals surface area (Å²) in [6.07, 6.45) is 2.01. The lowest BCUT2D eigenvalue weighted by molar-refractivity contribution is -0.186. The van der Waals surface area contributed by atoms with E-state index in [9.17, 15) is 14.7 Å². The summed E-state index contributed by atoms with van der Waals surface area (Å²) in [5.74, 6) is -1.63. The summed E-state index contributed by atoms with van der Waals surface area (Å²) >= 11 is 0. The van der Waals surface area contributed by atoms with Crippen molar-refractivity contribution in [2.24, 2.45) is 0 Å². The quantitative estimate of drug-likeness (QED) is 0.547. The molecular weight excluding hydrogens is 374 g/mol. The molecule has 29 heavy (non-hydrogen) atoms. The van der Waals surface area contributed by atoms with Crippen molar-refractivity contribution in [3.8, 4) is 16.9 Å². The number of hydrogen-bond acceptors (Lipinski definition) is 5. The third kappa shape index (κ3) is 4.64. The normalized spacial score (nSPS) is 16.1. The lowest BCUT2D eigenvalue weighted by Crippen LogP contribution is -2.33. The number of benzene rings is 2. The van der Waals surface area contributed by atoms with Crippen molar-refractivity contribution in [2.45, 2.75) is 25.6 Å². The monoisotopic (exact) mass is 397 g/mol. The molecule has 1 unspecified atom stereocenters. The van der Waals surface area contributed by atoms with Crippen LogP contribution in [0.5, 0.6) is 5.75 Å². The van der Waals surface area contributed by atoms with E-state index in [1.807, 2.05) is 30.3 Å². The molecule has 3 rings (SSSR count). The van der Waals surface area contributed by atoms with Crippen molar-refractivity contribution in [3.63, 3.8) is 0 Å². The van der Waals surface area contributed by atoms with E-state index >= 15 is 0 Å². The molecule has 1 aliphatic rings. The van der Waals surface area contributed by atoms with Gasteiger partial charge in [0.1, 0.15) is 5.75 Å². The van der Waals surface area contributed by atoms with Gasteiger partial charge in [-0.3, -0.25) is 4.79 Å². The topological polar surface area (TPSA) is 94.1 Å². The van der Waals surface area contributed by atoms with Gasteiger partial charge in [0.2, 0.25) is 0 Å². The van der Waals surface area contributed by atoms with Crippen LogP contribution in [0, 0.1) is 0 Å². The molecule has 0 spiro atoms. The average molecular weight is 397 g/mol. The Morgan fingerprint density at radius 1 is 1.17 bits per heavy atom. The van der Waals surface area contributed by atoms with Gasteiger partial charge in [0, 0.05) is 24.2 Å². The lowest BCUT2D eigenvalue weighted by atomic mass is 9.93. The van der Waals surface area contributed by atoms with Gasteiger partial charge >= 0.3 is 5.97 Å². The summed E-state index contributed by atoms with van der Waals surface area (Å²) in [6.45, 7) is 4.16. The Bertz CT molecular complexity index is 903. The van der Waals surface area contributed by atoms with E-state index in [0.717, 1.165) is 18.4 Å². The number of hydrogen-bond donors (Lipinski definition) is 2. The van der Waals surface area contributed by atoms with Crippen molar-refractivity contribution < 1.29 is 29.0 Å². The molecule has 2 N–H and O–H groups in total. The summed E-state index contributed by atoms with van der Waals surface area (Å²) in [5.41, 5.74) is 3.82. The molecule has 1 amide bonds. The van der Waals surface area contributed by atoms with Gasteiger partial charge in [-0.1, -0.05) is 43.0 Å². The lowest BCUT2D eigenvalue weighted by Gasteiger charge is -2.23. The van der Waals surface area contributed by atoms with Crippen LogP contribution in [-0.2, 0) is 14.4 Å². The largest absolute Gasteiger partial charge is 0.495 e. The van der Waals surface area contributed by atoms with E-state index in [0.29, 0.717) is 18.6 Å². The molecule has 0 aliphatic carbocycles. The van der Waals surface area contributed by atoms with Gasteiger partial charge < -0.3 is 14.6 Å². The molecule has 2 aromatic rings. The molecule has 1 saturated heterocycles. The van der Waals surface area contributed by atoms with Crippen molar-refractivity contribution in [3.05, 3.63) is 60.2 Å². The van der Waals surface area contributed by atoms with Crippen LogP contribution in [0.25, 0.3) is 16.7 Å². The highest BCUT2D eigenvalue weighted by molar-refractivity contribution is 6.18. The van der Waals surface area contributed by atoms with Crippen LogP contribution in [0.2, 0.25) is 0 Å². The Morgan fingerprint density at radius 3 is 2.55 bits per heavy atom. The second-order valence-electron chi connectivity index (χ2n) is 6.56. The molecule has 2 aromatic carbocycles. The highest BCUT2D eigenvalue weighted by atomic mass is 16.8. The van der Waals surface area contributed by atoms with E-state index in [1.54, 1.807) is 12.1 Å². The average Bonchev–Trinajstić information content (AvgIpc) is 2.77. The Balaban J connectivity index is 2.01. The maximum atomic E-state index is 13.0. The molecule has 0 bridgehead atoms. The molecule has 1 fully saturated rings. The summed E-state index contributed by atoms with van der Waals surface area (Å²) in [4.78, 5) is 29.9.